The highest BCUT2D eigenvalue weighted by molar-refractivity contribution is 5.20. The van der Waals surface area contributed by atoms with Crippen LogP contribution >= 0.6 is 0 Å². The molecule has 0 radical (unpaired) electrons. The molecule has 0 bridgehead atoms. The summed E-state index contributed by atoms with van der Waals surface area (Å²) in [6, 6.07) is 11.5. The molecule has 0 spiro atoms. The SMILES string of the molecule is CN1CCN(CCC2(N)CCC2)C(c2ccccc2)C1. The molecule has 110 valence electrons. The monoisotopic (exact) mass is 273 g/mol. The molecule has 1 unspecified atom stereocenters. The summed E-state index contributed by atoms with van der Waals surface area (Å²) in [5.41, 5.74) is 7.98. The quantitative estimate of drug-likeness (QED) is 0.913. The first kappa shape index (κ1) is 14.1. The summed E-state index contributed by atoms with van der Waals surface area (Å²) in [6.45, 7) is 4.60. The predicted molar refractivity (Wildman–Crippen MR) is 83.6 cm³/mol. The van der Waals surface area contributed by atoms with E-state index < -0.39 is 0 Å². The summed E-state index contributed by atoms with van der Waals surface area (Å²) < 4.78 is 0. The van der Waals surface area contributed by atoms with Crippen LogP contribution in [-0.2, 0) is 0 Å². The van der Waals surface area contributed by atoms with Gasteiger partial charge in [-0.05, 0) is 38.3 Å². The summed E-state index contributed by atoms with van der Waals surface area (Å²) in [5.74, 6) is 0. The highest BCUT2D eigenvalue weighted by Gasteiger charge is 2.34. The summed E-state index contributed by atoms with van der Waals surface area (Å²) in [6.07, 6.45) is 4.91. The number of rotatable bonds is 4. The maximum Gasteiger partial charge on any atom is 0.0475 e. The second kappa shape index (κ2) is 5.84. The lowest BCUT2D eigenvalue weighted by Gasteiger charge is -2.44. The lowest BCUT2D eigenvalue weighted by atomic mass is 9.75. The van der Waals surface area contributed by atoms with Crippen LogP contribution in [0.1, 0.15) is 37.3 Å². The Bertz CT molecular complexity index is 427. The van der Waals surface area contributed by atoms with Crippen molar-refractivity contribution in [3.05, 3.63) is 35.9 Å². The molecule has 2 N–H and O–H groups in total. The average Bonchev–Trinajstić information content (AvgIpc) is 2.45. The van der Waals surface area contributed by atoms with E-state index in [4.69, 9.17) is 5.73 Å². The molecule has 2 fully saturated rings. The standard InChI is InChI=1S/C17H27N3/c1-19-12-13-20(11-10-17(18)8-5-9-17)16(14-19)15-6-3-2-4-7-15/h2-4,6-7,16H,5,8-14,18H2,1H3. The van der Waals surface area contributed by atoms with Crippen LogP contribution in [0.3, 0.4) is 0 Å². The minimum absolute atomic E-state index is 0.143. The molecule has 1 aromatic rings. The maximum absolute atomic E-state index is 6.39. The molecule has 1 aromatic carbocycles. The number of nitrogens with zero attached hydrogens (tertiary/aromatic N) is 2. The first-order valence-corrected chi connectivity index (χ1v) is 7.93. The van der Waals surface area contributed by atoms with Gasteiger partial charge in [-0.25, -0.2) is 0 Å². The second-order valence-corrected chi connectivity index (χ2v) is 6.69. The van der Waals surface area contributed by atoms with Gasteiger partial charge in [0.05, 0.1) is 0 Å². The molecule has 1 heterocycles. The minimum atomic E-state index is 0.143. The summed E-state index contributed by atoms with van der Waals surface area (Å²) in [7, 11) is 2.23. The third-order valence-electron chi connectivity index (χ3n) is 5.12. The van der Waals surface area contributed by atoms with Gasteiger partial charge < -0.3 is 10.6 Å². The predicted octanol–water partition coefficient (Wildman–Crippen LogP) is 2.25. The van der Waals surface area contributed by atoms with E-state index in [9.17, 15) is 0 Å². The van der Waals surface area contributed by atoms with E-state index in [2.05, 4.69) is 47.2 Å². The van der Waals surface area contributed by atoms with Gasteiger partial charge in [0.1, 0.15) is 0 Å². The smallest absolute Gasteiger partial charge is 0.0475 e. The van der Waals surface area contributed by atoms with Gasteiger partial charge in [-0.3, -0.25) is 4.90 Å². The van der Waals surface area contributed by atoms with Crippen LogP contribution in [0.5, 0.6) is 0 Å². The van der Waals surface area contributed by atoms with E-state index in [1.807, 2.05) is 0 Å². The Morgan fingerprint density at radius 3 is 2.60 bits per heavy atom. The van der Waals surface area contributed by atoms with Crippen LogP contribution in [0.4, 0.5) is 0 Å². The fourth-order valence-electron chi connectivity index (χ4n) is 3.46. The Balaban J connectivity index is 1.67. The van der Waals surface area contributed by atoms with Gasteiger partial charge in [-0.2, -0.15) is 0 Å². The molecular weight excluding hydrogens is 246 g/mol. The third kappa shape index (κ3) is 3.05. The zero-order valence-corrected chi connectivity index (χ0v) is 12.6. The molecule has 2 aliphatic rings. The average molecular weight is 273 g/mol. The molecule has 3 rings (SSSR count). The van der Waals surface area contributed by atoms with Crippen molar-refractivity contribution in [2.75, 3.05) is 33.2 Å². The van der Waals surface area contributed by atoms with Crippen LogP contribution in [-0.4, -0.2) is 48.6 Å². The van der Waals surface area contributed by atoms with Gasteiger partial charge >= 0.3 is 0 Å². The molecule has 20 heavy (non-hydrogen) atoms. The second-order valence-electron chi connectivity index (χ2n) is 6.69. The van der Waals surface area contributed by atoms with Crippen molar-refractivity contribution in [1.82, 2.24) is 9.80 Å². The van der Waals surface area contributed by atoms with E-state index in [0.29, 0.717) is 6.04 Å². The molecule has 1 saturated carbocycles. The van der Waals surface area contributed by atoms with Crippen LogP contribution in [0.15, 0.2) is 30.3 Å². The Hall–Kier alpha value is -0.900. The third-order valence-corrected chi connectivity index (χ3v) is 5.12. The van der Waals surface area contributed by atoms with E-state index in [0.717, 1.165) is 26.1 Å². The summed E-state index contributed by atoms with van der Waals surface area (Å²) in [4.78, 5) is 5.08. The highest BCUT2D eigenvalue weighted by Crippen LogP contribution is 2.33. The van der Waals surface area contributed by atoms with Gasteiger partial charge in [-0.15, -0.1) is 0 Å². The number of nitrogens with two attached hydrogens (primary N) is 1. The van der Waals surface area contributed by atoms with Gasteiger partial charge in [-0.1, -0.05) is 30.3 Å². The Morgan fingerprint density at radius 2 is 1.95 bits per heavy atom. The van der Waals surface area contributed by atoms with Gasteiger partial charge in [0.2, 0.25) is 0 Å². The topological polar surface area (TPSA) is 32.5 Å². The molecule has 3 heteroatoms. The van der Waals surface area contributed by atoms with Crippen molar-refractivity contribution in [2.45, 2.75) is 37.3 Å². The molecule has 1 atom stereocenters. The number of hydrogen-bond acceptors (Lipinski definition) is 3. The fourth-order valence-corrected chi connectivity index (χ4v) is 3.46. The van der Waals surface area contributed by atoms with E-state index in [1.54, 1.807) is 0 Å². The first-order chi connectivity index (χ1) is 9.66. The van der Waals surface area contributed by atoms with E-state index >= 15 is 0 Å². The van der Waals surface area contributed by atoms with E-state index in [1.165, 1.54) is 31.4 Å². The molecule has 0 amide bonds. The fraction of sp³-hybridized carbons (Fsp3) is 0.647. The van der Waals surface area contributed by atoms with E-state index in [-0.39, 0.29) is 5.54 Å². The van der Waals surface area contributed by atoms with Crippen LogP contribution < -0.4 is 5.73 Å². The number of benzene rings is 1. The first-order valence-electron chi connectivity index (χ1n) is 7.93. The molecule has 3 nitrogen and oxygen atoms in total. The highest BCUT2D eigenvalue weighted by atomic mass is 15.3. The summed E-state index contributed by atoms with van der Waals surface area (Å²) >= 11 is 0. The number of hydrogen-bond donors (Lipinski definition) is 1. The maximum atomic E-state index is 6.39. The summed E-state index contributed by atoms with van der Waals surface area (Å²) in [5, 5.41) is 0. The molecule has 0 aromatic heterocycles. The van der Waals surface area contributed by atoms with Crippen LogP contribution in [0, 0.1) is 0 Å². The molecule has 1 saturated heterocycles. The Morgan fingerprint density at radius 1 is 1.20 bits per heavy atom. The zero-order valence-electron chi connectivity index (χ0n) is 12.6. The van der Waals surface area contributed by atoms with Gasteiger partial charge in [0.15, 0.2) is 0 Å². The Kier molecular flexibility index (Phi) is 4.11. The number of likely N-dealkylation sites (N-methyl/N-ethyl adjacent to an activating group) is 1. The number of piperazine rings is 1. The van der Waals surface area contributed by atoms with Crippen LogP contribution in [0.25, 0.3) is 0 Å². The van der Waals surface area contributed by atoms with Crippen molar-refractivity contribution in [3.8, 4) is 0 Å². The molecule has 1 aliphatic carbocycles. The van der Waals surface area contributed by atoms with Gasteiger partial charge in [0.25, 0.3) is 0 Å². The van der Waals surface area contributed by atoms with Crippen molar-refractivity contribution in [2.24, 2.45) is 5.73 Å². The molecule has 1 aliphatic heterocycles. The zero-order chi connectivity index (χ0) is 14.0. The Labute approximate surface area is 122 Å². The van der Waals surface area contributed by atoms with Gasteiger partial charge in [0, 0.05) is 37.8 Å². The normalized spacial score (nSPS) is 27.2. The van der Waals surface area contributed by atoms with Crippen molar-refractivity contribution >= 4 is 0 Å². The van der Waals surface area contributed by atoms with Crippen molar-refractivity contribution in [3.63, 3.8) is 0 Å². The lowest BCUT2D eigenvalue weighted by molar-refractivity contribution is 0.0742. The van der Waals surface area contributed by atoms with Crippen molar-refractivity contribution < 1.29 is 0 Å². The molecular formula is C17H27N3. The van der Waals surface area contributed by atoms with Crippen molar-refractivity contribution in [1.29, 1.82) is 0 Å². The lowest BCUT2D eigenvalue weighted by Crippen LogP contribution is -2.52. The largest absolute Gasteiger partial charge is 0.325 e. The van der Waals surface area contributed by atoms with Crippen LogP contribution in [0.2, 0.25) is 0 Å². The minimum Gasteiger partial charge on any atom is -0.325 e.